The van der Waals surface area contributed by atoms with Gasteiger partial charge in [-0.25, -0.2) is 4.98 Å². The molecule has 4 N–H and O–H groups in total. The highest BCUT2D eigenvalue weighted by Gasteiger charge is 2.17. The summed E-state index contributed by atoms with van der Waals surface area (Å²) in [4.78, 5) is 32.5. The molecule has 0 fully saturated rings. The van der Waals surface area contributed by atoms with Gasteiger partial charge in [-0.1, -0.05) is 0 Å². The Bertz CT molecular complexity index is 1330. The van der Waals surface area contributed by atoms with Crippen LogP contribution in [0.1, 0.15) is 13.3 Å². The summed E-state index contributed by atoms with van der Waals surface area (Å²) < 4.78 is 22.1. The van der Waals surface area contributed by atoms with Crippen LogP contribution in [0.25, 0.3) is 10.9 Å². The largest absolute Gasteiger partial charge is 0.493 e. The Balaban J connectivity index is 1.67. The second-order valence-electron chi connectivity index (χ2n) is 7.66. The molecule has 12 heteroatoms. The summed E-state index contributed by atoms with van der Waals surface area (Å²) in [5.41, 5.74) is 0.269. The third-order valence-corrected chi connectivity index (χ3v) is 5.19. The smallest absolute Gasteiger partial charge is 0.278 e. The molecule has 0 bridgehead atoms. The highest BCUT2D eigenvalue weighted by atomic mass is 16.5. The lowest BCUT2D eigenvalue weighted by Gasteiger charge is -2.13. The predicted molar refractivity (Wildman–Crippen MR) is 142 cm³/mol. The van der Waals surface area contributed by atoms with Gasteiger partial charge in [-0.3, -0.25) is 20.0 Å². The highest BCUT2D eigenvalue weighted by molar-refractivity contribution is 6.47. The molecule has 0 aliphatic rings. The molecule has 200 valence electrons. The number of hydrogen-bond acceptors (Lipinski definition) is 10. The molecule has 2 amide bonds. The summed E-state index contributed by atoms with van der Waals surface area (Å²) >= 11 is 0. The summed E-state index contributed by atoms with van der Waals surface area (Å²) in [6, 6.07) is 8.45. The monoisotopic (exact) mass is 522 g/mol. The van der Waals surface area contributed by atoms with Crippen molar-refractivity contribution in [2.24, 2.45) is 0 Å². The van der Waals surface area contributed by atoms with E-state index in [0.717, 1.165) is 5.39 Å². The van der Waals surface area contributed by atoms with Gasteiger partial charge in [-0.05, 0) is 31.2 Å². The first-order chi connectivity index (χ1) is 18.4. The minimum absolute atomic E-state index is 0.0403. The number of nitrogens with zero attached hydrogens (tertiary/aromatic N) is 2. The molecular weight excluding hydrogens is 492 g/mol. The molecule has 0 unspecified atom stereocenters. The van der Waals surface area contributed by atoms with E-state index in [2.05, 4.69) is 25.9 Å². The number of fused-ring (bicyclic) bond motifs is 1. The third kappa shape index (κ3) is 7.09. The van der Waals surface area contributed by atoms with Crippen molar-refractivity contribution in [3.63, 3.8) is 0 Å². The van der Waals surface area contributed by atoms with Gasteiger partial charge in [0.25, 0.3) is 5.91 Å². The van der Waals surface area contributed by atoms with Gasteiger partial charge in [0.1, 0.15) is 17.3 Å². The number of carbonyl (C=O) groups excluding carboxylic acids is 2. The van der Waals surface area contributed by atoms with Crippen LogP contribution in [-0.2, 0) is 14.3 Å². The number of methoxy groups -OCH3 is 2. The molecular formula is C26H30N6O6. The van der Waals surface area contributed by atoms with Crippen LogP contribution in [0.15, 0.2) is 54.7 Å². The Morgan fingerprint density at radius 1 is 1.05 bits per heavy atom. The molecule has 3 rings (SSSR count). The van der Waals surface area contributed by atoms with Crippen molar-refractivity contribution in [3.05, 3.63) is 54.7 Å². The van der Waals surface area contributed by atoms with Crippen molar-refractivity contribution in [2.45, 2.75) is 13.3 Å². The zero-order chi connectivity index (χ0) is 27.5. The Hall–Kier alpha value is -4.87. The zero-order valence-electron chi connectivity index (χ0n) is 21.6. The van der Waals surface area contributed by atoms with Gasteiger partial charge in [-0.2, -0.15) is 0 Å². The summed E-state index contributed by atoms with van der Waals surface area (Å²) in [5, 5.41) is 16.9. The second-order valence-corrected chi connectivity index (χ2v) is 7.66. The maximum atomic E-state index is 12.6. The van der Waals surface area contributed by atoms with E-state index in [9.17, 15) is 9.59 Å². The molecule has 0 aliphatic carbocycles. The molecule has 0 aliphatic heterocycles. The lowest BCUT2D eigenvalue weighted by molar-refractivity contribution is -0.120. The number of amides is 2. The predicted octanol–water partition coefficient (Wildman–Crippen LogP) is 3.00. The van der Waals surface area contributed by atoms with Gasteiger partial charge in [0.05, 0.1) is 32.5 Å². The number of carbonyl (C=O) groups is 2. The number of rotatable bonds is 13. The first kappa shape index (κ1) is 27.7. The van der Waals surface area contributed by atoms with Crippen molar-refractivity contribution >= 4 is 34.2 Å². The van der Waals surface area contributed by atoms with Crippen LogP contribution in [0.4, 0.5) is 5.82 Å². The fraction of sp³-hybridized carbons (Fsp3) is 0.269. The average molecular weight is 523 g/mol. The van der Waals surface area contributed by atoms with E-state index in [1.165, 1.54) is 12.4 Å². The molecule has 3 aromatic rings. The number of hydrogen-bond donors (Lipinski definition) is 4. The van der Waals surface area contributed by atoms with Crippen LogP contribution >= 0.6 is 0 Å². The zero-order valence-corrected chi connectivity index (χ0v) is 21.6. The summed E-state index contributed by atoms with van der Waals surface area (Å²) in [6.45, 7) is 2.31. The summed E-state index contributed by atoms with van der Waals surface area (Å²) in [6.07, 6.45) is 4.70. The van der Waals surface area contributed by atoms with Crippen LogP contribution in [0.5, 0.6) is 23.0 Å². The maximum absolute atomic E-state index is 12.6. The van der Waals surface area contributed by atoms with Crippen LogP contribution < -0.4 is 30.2 Å². The fourth-order valence-electron chi connectivity index (χ4n) is 3.29. The minimum Gasteiger partial charge on any atom is -0.493 e. The van der Waals surface area contributed by atoms with Gasteiger partial charge < -0.3 is 34.9 Å². The van der Waals surface area contributed by atoms with Crippen molar-refractivity contribution < 1.29 is 28.5 Å². The first-order valence-electron chi connectivity index (χ1n) is 11.7. The Morgan fingerprint density at radius 3 is 2.47 bits per heavy atom. The van der Waals surface area contributed by atoms with E-state index in [4.69, 9.17) is 24.4 Å². The Kier molecular flexibility index (Phi) is 9.80. The lowest BCUT2D eigenvalue weighted by Crippen LogP contribution is -2.27. The van der Waals surface area contributed by atoms with E-state index >= 15 is 0 Å². The number of benzene rings is 1. The molecule has 0 atom stereocenters. The number of aromatic nitrogens is 2. The van der Waals surface area contributed by atoms with E-state index in [1.807, 2.05) is 0 Å². The second kappa shape index (κ2) is 13.4. The normalized spacial score (nSPS) is 10.9. The molecule has 0 saturated carbocycles. The number of nitrogens with one attached hydrogen (secondary N) is 4. The fourth-order valence-corrected chi connectivity index (χ4v) is 3.29. The van der Waals surface area contributed by atoms with E-state index in [0.29, 0.717) is 35.1 Å². The summed E-state index contributed by atoms with van der Waals surface area (Å²) in [5.74, 6) is 1.48. The third-order valence-electron chi connectivity index (χ3n) is 5.19. The summed E-state index contributed by atoms with van der Waals surface area (Å²) in [7, 11) is 4.65. The van der Waals surface area contributed by atoms with Crippen LogP contribution in [0.2, 0.25) is 0 Å². The van der Waals surface area contributed by atoms with Gasteiger partial charge in [0, 0.05) is 43.9 Å². The topological polar surface area (TPSA) is 157 Å². The minimum atomic E-state index is -0.708. The SMILES string of the molecule is CCO/C(=C/NCCC(=O)NC)C(=N)C(=O)Nc1ccc(Oc2ccnc3cc(OC)c(OC)cc23)cn1. The quantitative estimate of drug-likeness (QED) is 0.150. The molecule has 38 heavy (non-hydrogen) atoms. The molecule has 0 spiro atoms. The van der Waals surface area contributed by atoms with Crippen molar-refractivity contribution in [3.8, 4) is 23.0 Å². The molecule has 12 nitrogen and oxygen atoms in total. The average Bonchev–Trinajstić information content (AvgIpc) is 2.94. The molecule has 2 heterocycles. The number of ether oxygens (including phenoxy) is 4. The van der Waals surface area contributed by atoms with Gasteiger partial charge in [0.2, 0.25) is 5.91 Å². The molecule has 1 aromatic carbocycles. The van der Waals surface area contributed by atoms with Gasteiger partial charge in [-0.15, -0.1) is 0 Å². The molecule has 0 radical (unpaired) electrons. The lowest BCUT2D eigenvalue weighted by atomic mass is 10.2. The van der Waals surface area contributed by atoms with Gasteiger partial charge >= 0.3 is 0 Å². The van der Waals surface area contributed by atoms with Crippen LogP contribution in [-0.4, -0.2) is 61.9 Å². The van der Waals surface area contributed by atoms with E-state index in [-0.39, 0.29) is 30.5 Å². The Morgan fingerprint density at radius 2 is 1.82 bits per heavy atom. The molecule has 2 aromatic heterocycles. The standard InChI is InChI=1S/C26H30N6O6/c1-5-37-22(15-29-10-9-24(33)28-2)25(27)26(34)32-23-7-6-16(14-31-23)38-19-8-11-30-18-13-21(36-4)20(35-3)12-17(18)19/h6-8,11-15,27,29H,5,9-10H2,1-4H3,(H,28,33)(H,31,32,34)/b22-15+,27-25?. The first-order valence-corrected chi connectivity index (χ1v) is 11.7. The highest BCUT2D eigenvalue weighted by Crippen LogP contribution is 2.36. The maximum Gasteiger partial charge on any atom is 0.278 e. The Labute approximate surface area is 219 Å². The van der Waals surface area contributed by atoms with Crippen molar-refractivity contribution in [1.29, 1.82) is 5.41 Å². The number of pyridine rings is 2. The van der Waals surface area contributed by atoms with Crippen LogP contribution in [0, 0.1) is 5.41 Å². The van der Waals surface area contributed by atoms with E-state index < -0.39 is 11.6 Å². The van der Waals surface area contributed by atoms with Crippen molar-refractivity contribution in [2.75, 3.05) is 39.7 Å². The number of anilines is 1. The van der Waals surface area contributed by atoms with E-state index in [1.54, 1.807) is 64.7 Å². The van der Waals surface area contributed by atoms with Crippen molar-refractivity contribution in [1.82, 2.24) is 20.6 Å². The van der Waals surface area contributed by atoms with Crippen LogP contribution in [0.3, 0.4) is 0 Å². The van der Waals surface area contributed by atoms with Gasteiger partial charge in [0.15, 0.2) is 23.0 Å². The molecule has 0 saturated heterocycles.